The highest BCUT2D eigenvalue weighted by Crippen LogP contribution is 2.47. The van der Waals surface area contributed by atoms with E-state index in [9.17, 15) is 13.5 Å². The lowest BCUT2D eigenvalue weighted by atomic mass is 9.63. The summed E-state index contributed by atoms with van der Waals surface area (Å²) in [6, 6.07) is 8.47. The predicted molar refractivity (Wildman–Crippen MR) is 75.7 cm³/mol. The normalized spacial score (nSPS) is 19.7. The first-order chi connectivity index (χ1) is 9.00. The molecule has 0 aromatic heterocycles. The Hall–Kier alpha value is -0.870. The summed E-state index contributed by atoms with van der Waals surface area (Å²) in [6.07, 6.45) is 3.97. The second kappa shape index (κ2) is 5.63. The first-order valence-electron chi connectivity index (χ1n) is 6.96. The smallest absolute Gasteiger partial charge is 0.178 e. The molecule has 0 bridgehead atoms. The van der Waals surface area contributed by atoms with Gasteiger partial charge in [-0.3, -0.25) is 0 Å². The number of aliphatic hydroxyl groups excluding tert-OH is 1. The molecule has 106 valence electrons. The topological polar surface area (TPSA) is 54.4 Å². The molecule has 1 aliphatic rings. The van der Waals surface area contributed by atoms with Crippen molar-refractivity contribution in [2.75, 3.05) is 5.75 Å². The standard InChI is InChI=1S/C15H22O3S/c1-2-15(10-6-11-15)14(16)9-12-19(17,18)13-7-4-3-5-8-13/h3-5,7-8,14,16H,2,6,9-12H2,1H3/t14-/m0/s1. The van der Waals surface area contributed by atoms with E-state index in [1.165, 1.54) is 0 Å². The predicted octanol–water partition coefficient (Wildman–Crippen LogP) is 2.79. The summed E-state index contributed by atoms with van der Waals surface area (Å²) in [4.78, 5) is 0.348. The Morgan fingerprint density at radius 1 is 1.26 bits per heavy atom. The van der Waals surface area contributed by atoms with Crippen LogP contribution in [-0.2, 0) is 9.84 Å². The molecule has 0 spiro atoms. The first-order valence-corrected chi connectivity index (χ1v) is 8.61. The molecule has 19 heavy (non-hydrogen) atoms. The Kier molecular flexibility index (Phi) is 4.31. The van der Waals surface area contributed by atoms with Gasteiger partial charge in [0.25, 0.3) is 0 Å². The van der Waals surface area contributed by atoms with Crippen molar-refractivity contribution < 1.29 is 13.5 Å². The van der Waals surface area contributed by atoms with Crippen LogP contribution in [0, 0.1) is 5.41 Å². The number of aliphatic hydroxyl groups is 1. The summed E-state index contributed by atoms with van der Waals surface area (Å²) in [7, 11) is -3.27. The summed E-state index contributed by atoms with van der Waals surface area (Å²) in [6.45, 7) is 2.08. The fourth-order valence-corrected chi connectivity index (χ4v) is 4.21. The van der Waals surface area contributed by atoms with Crippen molar-refractivity contribution in [1.82, 2.24) is 0 Å². The third-order valence-electron chi connectivity index (χ3n) is 4.52. The van der Waals surface area contributed by atoms with Gasteiger partial charge < -0.3 is 5.11 Å². The molecule has 0 unspecified atom stereocenters. The SMILES string of the molecule is CCC1([C@@H](O)CCS(=O)(=O)c2ccccc2)CCC1. The zero-order chi connectivity index (χ0) is 13.9. The summed E-state index contributed by atoms with van der Waals surface area (Å²) >= 11 is 0. The molecule has 0 amide bonds. The second-order valence-electron chi connectivity index (χ2n) is 5.51. The molecule has 1 atom stereocenters. The lowest BCUT2D eigenvalue weighted by Crippen LogP contribution is -2.41. The number of sulfone groups is 1. The van der Waals surface area contributed by atoms with Crippen molar-refractivity contribution in [3.05, 3.63) is 30.3 Å². The zero-order valence-corrected chi connectivity index (χ0v) is 12.2. The van der Waals surface area contributed by atoms with Crippen LogP contribution in [0.1, 0.15) is 39.0 Å². The van der Waals surface area contributed by atoms with Crippen LogP contribution in [0.25, 0.3) is 0 Å². The van der Waals surface area contributed by atoms with Crippen LogP contribution in [0.4, 0.5) is 0 Å². The van der Waals surface area contributed by atoms with E-state index in [1.807, 2.05) is 0 Å². The van der Waals surface area contributed by atoms with Gasteiger partial charge in [-0.15, -0.1) is 0 Å². The second-order valence-corrected chi connectivity index (χ2v) is 7.62. The first kappa shape index (κ1) is 14.5. The molecule has 1 aliphatic carbocycles. The largest absolute Gasteiger partial charge is 0.393 e. The number of benzene rings is 1. The fraction of sp³-hybridized carbons (Fsp3) is 0.600. The third-order valence-corrected chi connectivity index (χ3v) is 6.29. The Morgan fingerprint density at radius 2 is 1.89 bits per heavy atom. The van der Waals surface area contributed by atoms with Crippen molar-refractivity contribution in [3.8, 4) is 0 Å². The highest BCUT2D eigenvalue weighted by atomic mass is 32.2. The molecule has 2 rings (SSSR count). The Bertz CT molecular complexity index is 498. The van der Waals surface area contributed by atoms with Gasteiger partial charge in [-0.05, 0) is 43.2 Å². The van der Waals surface area contributed by atoms with Gasteiger partial charge in [-0.25, -0.2) is 8.42 Å². The summed E-state index contributed by atoms with van der Waals surface area (Å²) < 4.78 is 24.3. The molecule has 0 radical (unpaired) electrons. The number of hydrogen-bond acceptors (Lipinski definition) is 3. The number of hydrogen-bond donors (Lipinski definition) is 1. The zero-order valence-electron chi connectivity index (χ0n) is 11.4. The Balaban J connectivity index is 1.99. The van der Waals surface area contributed by atoms with E-state index < -0.39 is 15.9 Å². The molecule has 1 N–H and O–H groups in total. The maximum Gasteiger partial charge on any atom is 0.178 e. The van der Waals surface area contributed by atoms with E-state index in [4.69, 9.17) is 0 Å². The molecule has 0 heterocycles. The molecular formula is C15H22O3S. The molecule has 3 nitrogen and oxygen atoms in total. The summed E-state index contributed by atoms with van der Waals surface area (Å²) in [5.74, 6) is 0.0277. The molecule has 1 aromatic carbocycles. The average Bonchev–Trinajstić information content (AvgIpc) is 2.37. The lowest BCUT2D eigenvalue weighted by molar-refractivity contribution is -0.0388. The summed E-state index contributed by atoms with van der Waals surface area (Å²) in [5.41, 5.74) is -0.0216. The highest BCUT2D eigenvalue weighted by molar-refractivity contribution is 7.91. The molecule has 1 aromatic rings. The van der Waals surface area contributed by atoms with Crippen LogP contribution in [0.3, 0.4) is 0 Å². The van der Waals surface area contributed by atoms with Gasteiger partial charge in [0.2, 0.25) is 0 Å². The fourth-order valence-electron chi connectivity index (χ4n) is 2.87. The van der Waals surface area contributed by atoms with E-state index in [0.29, 0.717) is 11.3 Å². The minimum atomic E-state index is -3.27. The van der Waals surface area contributed by atoms with Crippen LogP contribution in [0.5, 0.6) is 0 Å². The van der Waals surface area contributed by atoms with Gasteiger partial charge in [-0.1, -0.05) is 31.5 Å². The molecule has 0 saturated heterocycles. The molecule has 4 heteroatoms. The molecular weight excluding hydrogens is 260 g/mol. The van der Waals surface area contributed by atoms with Crippen molar-refractivity contribution in [1.29, 1.82) is 0 Å². The van der Waals surface area contributed by atoms with Gasteiger partial charge in [0.05, 0.1) is 16.8 Å². The van der Waals surface area contributed by atoms with E-state index in [-0.39, 0.29) is 11.2 Å². The highest BCUT2D eigenvalue weighted by Gasteiger charge is 2.41. The van der Waals surface area contributed by atoms with Crippen molar-refractivity contribution in [3.63, 3.8) is 0 Å². The molecule has 1 fully saturated rings. The minimum Gasteiger partial charge on any atom is -0.393 e. The van der Waals surface area contributed by atoms with Crippen LogP contribution in [-0.4, -0.2) is 25.4 Å². The Morgan fingerprint density at radius 3 is 2.37 bits per heavy atom. The maximum atomic E-state index is 12.1. The van der Waals surface area contributed by atoms with Crippen LogP contribution in [0.2, 0.25) is 0 Å². The minimum absolute atomic E-state index is 0.0216. The lowest BCUT2D eigenvalue weighted by Gasteiger charge is -2.45. The van der Waals surface area contributed by atoms with Gasteiger partial charge in [0, 0.05) is 0 Å². The van der Waals surface area contributed by atoms with Crippen LogP contribution in [0.15, 0.2) is 35.2 Å². The Labute approximate surface area is 115 Å². The summed E-state index contributed by atoms with van der Waals surface area (Å²) in [5, 5.41) is 10.3. The van der Waals surface area contributed by atoms with E-state index in [2.05, 4.69) is 6.92 Å². The quantitative estimate of drug-likeness (QED) is 0.873. The van der Waals surface area contributed by atoms with Crippen molar-refractivity contribution >= 4 is 9.84 Å². The van der Waals surface area contributed by atoms with Crippen LogP contribution >= 0.6 is 0 Å². The van der Waals surface area contributed by atoms with Crippen LogP contribution < -0.4 is 0 Å². The van der Waals surface area contributed by atoms with Gasteiger partial charge in [0.15, 0.2) is 9.84 Å². The molecule has 1 saturated carbocycles. The van der Waals surface area contributed by atoms with Crippen molar-refractivity contribution in [2.24, 2.45) is 5.41 Å². The monoisotopic (exact) mass is 282 g/mol. The van der Waals surface area contributed by atoms with Crippen molar-refractivity contribution in [2.45, 2.75) is 50.0 Å². The van der Waals surface area contributed by atoms with Gasteiger partial charge in [0.1, 0.15) is 0 Å². The average molecular weight is 282 g/mol. The number of rotatable bonds is 6. The molecule has 0 aliphatic heterocycles. The van der Waals surface area contributed by atoms with E-state index in [1.54, 1.807) is 30.3 Å². The van der Waals surface area contributed by atoms with Gasteiger partial charge in [-0.2, -0.15) is 0 Å². The third kappa shape index (κ3) is 3.00. The van der Waals surface area contributed by atoms with E-state index in [0.717, 1.165) is 25.7 Å². The van der Waals surface area contributed by atoms with E-state index >= 15 is 0 Å². The maximum absolute atomic E-state index is 12.1. The van der Waals surface area contributed by atoms with Gasteiger partial charge >= 0.3 is 0 Å².